The Balaban J connectivity index is 1.85. The van der Waals surface area contributed by atoms with Crippen molar-refractivity contribution in [3.63, 3.8) is 0 Å². The van der Waals surface area contributed by atoms with Gasteiger partial charge in [0.05, 0.1) is 6.04 Å². The van der Waals surface area contributed by atoms with Crippen molar-refractivity contribution >= 4 is 17.6 Å². The van der Waals surface area contributed by atoms with Gasteiger partial charge in [-0.2, -0.15) is 0 Å². The number of esters is 1. The lowest BCUT2D eigenvalue weighted by molar-refractivity contribution is -0.165. The van der Waals surface area contributed by atoms with Crippen molar-refractivity contribution in [2.75, 3.05) is 19.0 Å². The molecule has 1 heterocycles. The number of hydrogen-bond donors (Lipinski definition) is 1. The van der Waals surface area contributed by atoms with Crippen molar-refractivity contribution < 1.29 is 14.3 Å². The molecule has 1 amide bonds. The summed E-state index contributed by atoms with van der Waals surface area (Å²) < 4.78 is 5.24. The first kappa shape index (κ1) is 18.0. The molecule has 0 aromatic heterocycles. The molecule has 1 saturated heterocycles. The highest BCUT2D eigenvalue weighted by molar-refractivity contribution is 5.90. The second kappa shape index (κ2) is 7.60. The quantitative estimate of drug-likeness (QED) is 0.641. The van der Waals surface area contributed by atoms with Gasteiger partial charge < -0.3 is 15.0 Å². The normalized spacial score (nSPS) is 19.9. The largest absolute Gasteiger partial charge is 0.450 e. The number of anilines is 1. The third-order valence-corrected chi connectivity index (χ3v) is 4.76. The molecule has 2 aromatic rings. The highest BCUT2D eigenvalue weighted by Gasteiger charge is 2.46. The summed E-state index contributed by atoms with van der Waals surface area (Å²) in [6, 6.07) is 18.2. The van der Waals surface area contributed by atoms with Crippen LogP contribution in [0.15, 0.2) is 54.6 Å². The lowest BCUT2D eigenvalue weighted by Gasteiger charge is -2.41. The van der Waals surface area contributed by atoms with E-state index in [0.717, 1.165) is 17.7 Å². The van der Waals surface area contributed by atoms with Gasteiger partial charge in [-0.05, 0) is 29.7 Å². The molecule has 1 fully saturated rings. The predicted octanol–water partition coefficient (Wildman–Crippen LogP) is 2.51. The minimum absolute atomic E-state index is 0.0310. The number of nitrogens with zero attached hydrogens (tertiary/aromatic N) is 1. The van der Waals surface area contributed by atoms with Gasteiger partial charge in [-0.3, -0.25) is 9.59 Å². The van der Waals surface area contributed by atoms with Crippen LogP contribution in [0.1, 0.15) is 24.0 Å². The highest BCUT2D eigenvalue weighted by Crippen LogP contribution is 2.31. The van der Waals surface area contributed by atoms with Crippen molar-refractivity contribution in [3.8, 4) is 0 Å². The molecule has 1 aliphatic heterocycles. The van der Waals surface area contributed by atoms with E-state index in [9.17, 15) is 9.59 Å². The Morgan fingerprint density at radius 1 is 1.12 bits per heavy atom. The number of nitrogens with one attached hydrogen (secondary N) is 1. The van der Waals surface area contributed by atoms with Gasteiger partial charge in [0.2, 0.25) is 6.10 Å². The Morgan fingerprint density at radius 3 is 2.31 bits per heavy atom. The smallest absolute Gasteiger partial charge is 0.303 e. The average molecular weight is 352 g/mol. The predicted molar refractivity (Wildman–Crippen MR) is 101 cm³/mol. The molecule has 0 aliphatic carbocycles. The minimum atomic E-state index is -0.723. The van der Waals surface area contributed by atoms with Crippen LogP contribution in [-0.2, 0) is 20.7 Å². The lowest BCUT2D eigenvalue weighted by Crippen LogP contribution is -2.66. The second-order valence-corrected chi connectivity index (χ2v) is 6.85. The third kappa shape index (κ3) is 3.87. The van der Waals surface area contributed by atoms with E-state index in [-0.39, 0.29) is 17.9 Å². The Bertz CT molecular complexity index is 772. The van der Waals surface area contributed by atoms with Crippen LogP contribution in [0.25, 0.3) is 0 Å². The summed E-state index contributed by atoms with van der Waals surface area (Å²) in [5, 5.41) is 2.92. The number of benzene rings is 2. The van der Waals surface area contributed by atoms with E-state index in [1.807, 2.05) is 44.4 Å². The van der Waals surface area contributed by atoms with Crippen LogP contribution in [-0.4, -0.2) is 38.1 Å². The second-order valence-electron chi connectivity index (χ2n) is 6.85. The highest BCUT2D eigenvalue weighted by atomic mass is 16.6. The Kier molecular flexibility index (Phi) is 5.26. The first-order valence-electron chi connectivity index (χ1n) is 8.74. The van der Waals surface area contributed by atoms with E-state index in [4.69, 9.17) is 4.74 Å². The SMILES string of the molecule is CC(=O)OC1C(=O)NC1C(Cc1ccc(N(C)C)cc1)c1ccccc1. The van der Waals surface area contributed by atoms with Crippen LogP contribution in [0, 0.1) is 0 Å². The summed E-state index contributed by atoms with van der Waals surface area (Å²) >= 11 is 0. The molecule has 0 saturated carbocycles. The monoisotopic (exact) mass is 352 g/mol. The summed E-state index contributed by atoms with van der Waals surface area (Å²) in [6.07, 6.45) is 0.0271. The van der Waals surface area contributed by atoms with E-state index in [2.05, 4.69) is 34.5 Å². The molecule has 5 nitrogen and oxygen atoms in total. The number of ether oxygens (including phenoxy) is 1. The molecule has 3 unspecified atom stereocenters. The van der Waals surface area contributed by atoms with Crippen molar-refractivity contribution in [1.82, 2.24) is 5.32 Å². The average Bonchev–Trinajstić information content (AvgIpc) is 2.63. The molecule has 26 heavy (non-hydrogen) atoms. The number of amides is 1. The number of β-lactam (4-membered cyclic amide) rings is 1. The molecule has 2 aromatic carbocycles. The fraction of sp³-hybridized carbons (Fsp3) is 0.333. The van der Waals surface area contributed by atoms with E-state index in [0.29, 0.717) is 0 Å². The fourth-order valence-corrected chi connectivity index (χ4v) is 3.34. The van der Waals surface area contributed by atoms with Crippen LogP contribution in [0.3, 0.4) is 0 Å². The minimum Gasteiger partial charge on any atom is -0.450 e. The van der Waals surface area contributed by atoms with Crippen molar-refractivity contribution in [2.24, 2.45) is 0 Å². The van der Waals surface area contributed by atoms with E-state index in [1.54, 1.807) is 0 Å². The maximum atomic E-state index is 11.9. The van der Waals surface area contributed by atoms with Gasteiger partial charge in [-0.15, -0.1) is 0 Å². The first-order chi connectivity index (χ1) is 12.5. The van der Waals surface area contributed by atoms with Crippen LogP contribution < -0.4 is 10.2 Å². The zero-order valence-electron chi connectivity index (χ0n) is 15.3. The Hall–Kier alpha value is -2.82. The summed E-state index contributed by atoms with van der Waals surface area (Å²) in [5.74, 6) is -0.630. The van der Waals surface area contributed by atoms with Gasteiger partial charge in [0.15, 0.2) is 0 Å². The fourth-order valence-electron chi connectivity index (χ4n) is 3.34. The van der Waals surface area contributed by atoms with E-state index in [1.165, 1.54) is 12.5 Å². The topological polar surface area (TPSA) is 58.6 Å². The van der Waals surface area contributed by atoms with Crippen LogP contribution >= 0.6 is 0 Å². The van der Waals surface area contributed by atoms with Crippen molar-refractivity contribution in [3.05, 3.63) is 65.7 Å². The molecule has 1 N–H and O–H groups in total. The van der Waals surface area contributed by atoms with Gasteiger partial charge in [-0.25, -0.2) is 0 Å². The molecule has 0 spiro atoms. The van der Waals surface area contributed by atoms with E-state index < -0.39 is 12.1 Å². The number of carbonyl (C=O) groups is 2. The van der Waals surface area contributed by atoms with Gasteiger partial charge in [0.25, 0.3) is 5.91 Å². The van der Waals surface area contributed by atoms with Crippen LogP contribution in [0.4, 0.5) is 5.69 Å². The van der Waals surface area contributed by atoms with Gasteiger partial charge >= 0.3 is 5.97 Å². The molecule has 136 valence electrons. The Labute approximate surface area is 154 Å². The summed E-state index contributed by atoms with van der Waals surface area (Å²) in [6.45, 7) is 1.33. The van der Waals surface area contributed by atoms with Crippen molar-refractivity contribution in [2.45, 2.75) is 31.4 Å². The van der Waals surface area contributed by atoms with Gasteiger partial charge in [0, 0.05) is 32.6 Å². The molecular weight excluding hydrogens is 328 g/mol. The lowest BCUT2D eigenvalue weighted by atomic mass is 9.79. The standard InChI is InChI=1S/C21H24N2O3/c1-14(24)26-20-19(22-21(20)25)18(16-7-5-4-6-8-16)13-15-9-11-17(12-10-15)23(2)3/h4-12,18-20H,13H2,1-3H3,(H,22,25). The molecular formula is C21H24N2O3. The third-order valence-electron chi connectivity index (χ3n) is 4.76. The zero-order valence-corrected chi connectivity index (χ0v) is 15.3. The van der Waals surface area contributed by atoms with Crippen LogP contribution in [0.5, 0.6) is 0 Å². The van der Waals surface area contributed by atoms with E-state index >= 15 is 0 Å². The summed E-state index contributed by atoms with van der Waals surface area (Å²) in [7, 11) is 4.02. The maximum absolute atomic E-state index is 11.9. The first-order valence-corrected chi connectivity index (χ1v) is 8.74. The Morgan fingerprint density at radius 2 is 1.77 bits per heavy atom. The molecule has 0 radical (unpaired) electrons. The molecule has 0 bridgehead atoms. The molecule has 3 rings (SSSR count). The van der Waals surface area contributed by atoms with Crippen molar-refractivity contribution in [1.29, 1.82) is 0 Å². The van der Waals surface area contributed by atoms with Crippen LogP contribution in [0.2, 0.25) is 0 Å². The zero-order chi connectivity index (χ0) is 18.7. The molecule has 1 aliphatic rings. The van der Waals surface area contributed by atoms with Gasteiger partial charge in [0.1, 0.15) is 0 Å². The van der Waals surface area contributed by atoms with Gasteiger partial charge in [-0.1, -0.05) is 42.5 Å². The maximum Gasteiger partial charge on any atom is 0.303 e. The summed E-state index contributed by atoms with van der Waals surface area (Å²) in [5.41, 5.74) is 3.43. The molecule has 3 atom stereocenters. The number of rotatable bonds is 6. The molecule has 5 heteroatoms. The summed E-state index contributed by atoms with van der Waals surface area (Å²) in [4.78, 5) is 25.3. The number of hydrogen-bond acceptors (Lipinski definition) is 4. The number of carbonyl (C=O) groups excluding carboxylic acids is 2.